The van der Waals surface area contributed by atoms with Crippen molar-refractivity contribution in [1.82, 2.24) is 16.0 Å². The normalized spacial score (nSPS) is 14.4. The molecule has 0 spiro atoms. The number of benzene rings is 1. The highest BCUT2D eigenvalue weighted by molar-refractivity contribution is 5.96. The molecule has 4 amide bonds. The van der Waals surface area contributed by atoms with Gasteiger partial charge in [0, 0.05) is 23.8 Å². The van der Waals surface area contributed by atoms with Crippen molar-refractivity contribution in [3.63, 3.8) is 0 Å². The number of anilines is 1. The van der Waals surface area contributed by atoms with Gasteiger partial charge >= 0.3 is 6.03 Å². The summed E-state index contributed by atoms with van der Waals surface area (Å²) in [4.78, 5) is 35.1. The second kappa shape index (κ2) is 9.66. The van der Waals surface area contributed by atoms with Crippen molar-refractivity contribution in [2.45, 2.75) is 45.1 Å². The molecule has 7 heteroatoms. The van der Waals surface area contributed by atoms with E-state index < -0.39 is 11.9 Å². The van der Waals surface area contributed by atoms with Crippen molar-refractivity contribution < 1.29 is 14.4 Å². The van der Waals surface area contributed by atoms with E-state index in [0.717, 1.165) is 12.8 Å². The first-order valence-corrected chi connectivity index (χ1v) is 8.81. The Labute approximate surface area is 147 Å². The zero-order valence-corrected chi connectivity index (χ0v) is 14.6. The lowest BCUT2D eigenvalue weighted by Crippen LogP contribution is -2.41. The predicted molar refractivity (Wildman–Crippen MR) is 96.5 cm³/mol. The van der Waals surface area contributed by atoms with Crippen LogP contribution in [0.5, 0.6) is 0 Å². The molecule has 1 aliphatic carbocycles. The van der Waals surface area contributed by atoms with Crippen molar-refractivity contribution in [3.05, 3.63) is 29.8 Å². The molecule has 0 aromatic heterocycles. The SMILES string of the molecule is CCNC(=O)NC(=O)CNc1ccc(C(=O)NC2CCCCC2)cc1. The molecule has 0 heterocycles. The third-order valence-electron chi connectivity index (χ3n) is 4.13. The summed E-state index contributed by atoms with van der Waals surface area (Å²) in [6, 6.07) is 6.70. The Morgan fingerprint density at radius 1 is 1.04 bits per heavy atom. The number of hydrogen-bond acceptors (Lipinski definition) is 4. The van der Waals surface area contributed by atoms with Gasteiger partial charge in [0.1, 0.15) is 0 Å². The van der Waals surface area contributed by atoms with Crippen LogP contribution >= 0.6 is 0 Å². The van der Waals surface area contributed by atoms with Crippen LogP contribution in [-0.2, 0) is 4.79 Å². The van der Waals surface area contributed by atoms with Gasteiger partial charge in [-0.05, 0) is 44.0 Å². The van der Waals surface area contributed by atoms with E-state index in [2.05, 4.69) is 21.3 Å². The number of amides is 4. The molecule has 136 valence electrons. The van der Waals surface area contributed by atoms with Crippen molar-refractivity contribution in [3.8, 4) is 0 Å². The first-order chi connectivity index (χ1) is 12.1. The average molecular weight is 346 g/mol. The summed E-state index contributed by atoms with van der Waals surface area (Å²) in [6.07, 6.45) is 5.69. The lowest BCUT2D eigenvalue weighted by atomic mass is 9.95. The van der Waals surface area contributed by atoms with Crippen LogP contribution in [0.4, 0.5) is 10.5 Å². The fraction of sp³-hybridized carbons (Fsp3) is 0.500. The van der Waals surface area contributed by atoms with Crippen molar-refractivity contribution in [1.29, 1.82) is 0 Å². The largest absolute Gasteiger partial charge is 0.376 e. The number of urea groups is 1. The van der Waals surface area contributed by atoms with Gasteiger partial charge in [0.15, 0.2) is 0 Å². The van der Waals surface area contributed by atoms with Crippen molar-refractivity contribution >= 4 is 23.5 Å². The van der Waals surface area contributed by atoms with E-state index in [9.17, 15) is 14.4 Å². The van der Waals surface area contributed by atoms with Crippen LogP contribution in [0.3, 0.4) is 0 Å². The lowest BCUT2D eigenvalue weighted by Gasteiger charge is -2.22. The number of imide groups is 1. The van der Waals surface area contributed by atoms with Crippen LogP contribution in [0.2, 0.25) is 0 Å². The molecule has 0 unspecified atom stereocenters. The van der Waals surface area contributed by atoms with Gasteiger partial charge < -0.3 is 16.0 Å². The molecule has 1 aromatic carbocycles. The fourth-order valence-corrected chi connectivity index (χ4v) is 2.81. The zero-order valence-electron chi connectivity index (χ0n) is 14.6. The van der Waals surface area contributed by atoms with Gasteiger partial charge in [-0.25, -0.2) is 4.79 Å². The van der Waals surface area contributed by atoms with E-state index >= 15 is 0 Å². The Hall–Kier alpha value is -2.57. The summed E-state index contributed by atoms with van der Waals surface area (Å²) in [5, 5.41) is 10.7. The molecular formula is C18H26N4O3. The molecule has 0 aliphatic heterocycles. The van der Waals surface area contributed by atoms with E-state index in [1.54, 1.807) is 31.2 Å². The number of nitrogens with one attached hydrogen (secondary N) is 4. The minimum atomic E-state index is -0.510. The summed E-state index contributed by atoms with van der Waals surface area (Å²) in [7, 11) is 0. The fourth-order valence-electron chi connectivity index (χ4n) is 2.81. The monoisotopic (exact) mass is 346 g/mol. The standard InChI is InChI=1S/C18H26N4O3/c1-2-19-18(25)22-16(23)12-20-14-10-8-13(9-11-14)17(24)21-15-6-4-3-5-7-15/h8-11,15,20H,2-7,12H2,1H3,(H,21,24)(H2,19,22,23,25). The van der Waals surface area contributed by atoms with Gasteiger partial charge in [-0.3, -0.25) is 14.9 Å². The smallest absolute Gasteiger partial charge is 0.321 e. The van der Waals surface area contributed by atoms with Crippen LogP contribution in [-0.4, -0.2) is 37.0 Å². The first-order valence-electron chi connectivity index (χ1n) is 8.81. The number of carbonyl (C=O) groups excluding carboxylic acids is 3. The quantitative estimate of drug-likeness (QED) is 0.633. The van der Waals surface area contributed by atoms with E-state index in [1.165, 1.54) is 19.3 Å². The third kappa shape index (κ3) is 6.45. The van der Waals surface area contributed by atoms with Gasteiger partial charge in [0.25, 0.3) is 5.91 Å². The number of rotatable bonds is 6. The molecule has 25 heavy (non-hydrogen) atoms. The highest BCUT2D eigenvalue weighted by Crippen LogP contribution is 2.18. The number of hydrogen-bond donors (Lipinski definition) is 4. The van der Waals surface area contributed by atoms with Crippen LogP contribution < -0.4 is 21.3 Å². The molecule has 1 aliphatic rings. The molecule has 4 N–H and O–H groups in total. The molecule has 7 nitrogen and oxygen atoms in total. The molecule has 0 radical (unpaired) electrons. The minimum absolute atomic E-state index is 0.0231. The Kier molecular flexibility index (Phi) is 7.25. The van der Waals surface area contributed by atoms with E-state index in [-0.39, 0.29) is 18.5 Å². The molecule has 0 atom stereocenters. The maximum atomic E-state index is 12.2. The zero-order chi connectivity index (χ0) is 18.1. The Morgan fingerprint density at radius 3 is 2.36 bits per heavy atom. The van der Waals surface area contributed by atoms with Gasteiger partial charge in [-0.15, -0.1) is 0 Å². The predicted octanol–water partition coefficient (Wildman–Crippen LogP) is 2.01. The summed E-state index contributed by atoms with van der Waals surface area (Å²) >= 11 is 0. The number of carbonyl (C=O) groups is 3. The summed E-state index contributed by atoms with van der Waals surface area (Å²) in [5.41, 5.74) is 1.31. The summed E-state index contributed by atoms with van der Waals surface area (Å²) < 4.78 is 0. The summed E-state index contributed by atoms with van der Waals surface area (Å²) in [6.45, 7) is 2.20. The van der Waals surface area contributed by atoms with Crippen LogP contribution in [0.1, 0.15) is 49.4 Å². The molecule has 2 rings (SSSR count). The summed E-state index contributed by atoms with van der Waals surface area (Å²) in [5.74, 6) is -0.488. The Bertz CT molecular complexity index is 595. The second-order valence-electron chi connectivity index (χ2n) is 6.15. The van der Waals surface area contributed by atoms with Crippen LogP contribution in [0, 0.1) is 0 Å². The second-order valence-corrected chi connectivity index (χ2v) is 6.15. The average Bonchev–Trinajstić information content (AvgIpc) is 2.61. The highest BCUT2D eigenvalue weighted by atomic mass is 16.2. The molecular weight excluding hydrogens is 320 g/mol. The maximum Gasteiger partial charge on any atom is 0.321 e. The van der Waals surface area contributed by atoms with E-state index in [1.807, 2.05) is 0 Å². The van der Waals surface area contributed by atoms with Crippen molar-refractivity contribution in [2.75, 3.05) is 18.4 Å². The highest BCUT2D eigenvalue weighted by Gasteiger charge is 2.16. The van der Waals surface area contributed by atoms with Crippen LogP contribution in [0.25, 0.3) is 0 Å². The van der Waals surface area contributed by atoms with Crippen LogP contribution in [0.15, 0.2) is 24.3 Å². The van der Waals surface area contributed by atoms with E-state index in [0.29, 0.717) is 17.8 Å². The molecule has 0 bridgehead atoms. The van der Waals surface area contributed by atoms with Gasteiger partial charge in [0.05, 0.1) is 6.54 Å². The van der Waals surface area contributed by atoms with Gasteiger partial charge in [0.2, 0.25) is 5.91 Å². The van der Waals surface area contributed by atoms with Gasteiger partial charge in [-0.2, -0.15) is 0 Å². The minimum Gasteiger partial charge on any atom is -0.376 e. The first kappa shape index (κ1) is 18.8. The third-order valence-corrected chi connectivity index (χ3v) is 4.13. The van der Waals surface area contributed by atoms with Crippen molar-refractivity contribution in [2.24, 2.45) is 0 Å². The topological polar surface area (TPSA) is 99.3 Å². The lowest BCUT2D eigenvalue weighted by molar-refractivity contribution is -0.118. The van der Waals surface area contributed by atoms with Gasteiger partial charge in [-0.1, -0.05) is 19.3 Å². The molecule has 1 fully saturated rings. The Balaban J connectivity index is 1.77. The molecule has 1 aromatic rings. The maximum absolute atomic E-state index is 12.2. The van der Waals surface area contributed by atoms with E-state index in [4.69, 9.17) is 0 Å². The Morgan fingerprint density at radius 2 is 1.72 bits per heavy atom. The molecule has 0 saturated heterocycles. The molecule has 1 saturated carbocycles.